The Morgan fingerprint density at radius 3 is 2.37 bits per heavy atom. The van der Waals surface area contributed by atoms with Crippen LogP contribution in [0.3, 0.4) is 0 Å². The van der Waals surface area contributed by atoms with Gasteiger partial charge in [0.05, 0.1) is 6.10 Å². The first-order chi connectivity index (χ1) is 8.43. The quantitative estimate of drug-likeness (QED) is 0.732. The van der Waals surface area contributed by atoms with E-state index >= 15 is 0 Å². The number of rotatable bonds is 2. The lowest BCUT2D eigenvalue weighted by atomic mass is 10.2. The molecule has 0 spiro atoms. The summed E-state index contributed by atoms with van der Waals surface area (Å²) >= 11 is 0. The molecule has 0 unspecified atom stereocenters. The highest BCUT2D eigenvalue weighted by molar-refractivity contribution is 6.74. The van der Waals surface area contributed by atoms with Crippen molar-refractivity contribution in [2.45, 2.75) is 83.3 Å². The Morgan fingerprint density at radius 1 is 1.26 bits per heavy atom. The summed E-state index contributed by atoms with van der Waals surface area (Å²) in [6.45, 7) is 14.7. The van der Waals surface area contributed by atoms with Crippen molar-refractivity contribution in [3.63, 3.8) is 0 Å². The molecule has 2 fully saturated rings. The summed E-state index contributed by atoms with van der Waals surface area (Å²) in [4.78, 5) is 12.0. The molecule has 4 nitrogen and oxygen atoms in total. The predicted octanol–water partition coefficient (Wildman–Crippen LogP) is 2.87. The number of Topliss-reactive ketones (excluding diaryl/α,β-unsaturated/α-hetero) is 1. The van der Waals surface area contributed by atoms with Crippen molar-refractivity contribution in [1.82, 2.24) is 0 Å². The van der Waals surface area contributed by atoms with Gasteiger partial charge in [-0.05, 0) is 32.0 Å². The summed E-state index contributed by atoms with van der Waals surface area (Å²) in [6, 6.07) is 0. The highest BCUT2D eigenvalue weighted by atomic mass is 28.4. The molecular formula is C14H26O4Si. The average Bonchev–Trinajstić information content (AvgIpc) is 2.62. The smallest absolute Gasteiger partial charge is 0.192 e. The molecule has 19 heavy (non-hydrogen) atoms. The molecule has 110 valence electrons. The van der Waals surface area contributed by atoms with Crippen LogP contribution < -0.4 is 0 Å². The van der Waals surface area contributed by atoms with Gasteiger partial charge >= 0.3 is 0 Å². The fourth-order valence-electron chi connectivity index (χ4n) is 2.40. The summed E-state index contributed by atoms with van der Waals surface area (Å²) < 4.78 is 17.9. The minimum atomic E-state index is -1.89. The van der Waals surface area contributed by atoms with Crippen molar-refractivity contribution >= 4 is 14.1 Å². The average molecular weight is 286 g/mol. The normalized spacial score (nSPS) is 34.7. The Morgan fingerprint density at radius 2 is 1.84 bits per heavy atom. The van der Waals surface area contributed by atoms with Crippen LogP contribution >= 0.6 is 0 Å². The van der Waals surface area contributed by atoms with Gasteiger partial charge in [0.1, 0.15) is 12.2 Å². The van der Waals surface area contributed by atoms with Crippen LogP contribution in [0.1, 0.15) is 41.0 Å². The van der Waals surface area contributed by atoms with Gasteiger partial charge < -0.3 is 13.9 Å². The Hall–Kier alpha value is -0.233. The fourth-order valence-corrected chi connectivity index (χ4v) is 3.73. The summed E-state index contributed by atoms with van der Waals surface area (Å²) in [7, 11) is -1.89. The van der Waals surface area contributed by atoms with Gasteiger partial charge in [0.2, 0.25) is 0 Å². The molecule has 1 saturated carbocycles. The Labute approximate surface area is 116 Å². The number of hydrogen-bond donors (Lipinski definition) is 0. The maximum absolute atomic E-state index is 12.0. The summed E-state index contributed by atoms with van der Waals surface area (Å²) in [5.74, 6) is -0.570. The van der Waals surface area contributed by atoms with E-state index < -0.39 is 20.2 Å². The molecule has 0 aromatic carbocycles. The first-order valence-electron chi connectivity index (χ1n) is 6.99. The molecule has 2 rings (SSSR count). The van der Waals surface area contributed by atoms with E-state index in [1.807, 2.05) is 13.8 Å². The van der Waals surface area contributed by atoms with Crippen molar-refractivity contribution in [3.05, 3.63) is 0 Å². The minimum absolute atomic E-state index is 0.110. The highest BCUT2D eigenvalue weighted by Gasteiger charge is 2.56. The molecular weight excluding hydrogens is 260 g/mol. The molecule has 0 radical (unpaired) electrons. The minimum Gasteiger partial charge on any atom is -0.411 e. The lowest BCUT2D eigenvalue weighted by Gasteiger charge is -2.39. The van der Waals surface area contributed by atoms with Gasteiger partial charge in [0.15, 0.2) is 19.9 Å². The summed E-state index contributed by atoms with van der Waals surface area (Å²) in [5.41, 5.74) is 0. The van der Waals surface area contributed by atoms with Gasteiger partial charge in [0.25, 0.3) is 0 Å². The second kappa shape index (κ2) is 4.38. The first-order valence-corrected chi connectivity index (χ1v) is 9.90. The van der Waals surface area contributed by atoms with Gasteiger partial charge in [-0.2, -0.15) is 0 Å². The molecule has 0 N–H and O–H groups in total. The predicted molar refractivity (Wildman–Crippen MR) is 75.5 cm³/mol. The van der Waals surface area contributed by atoms with Crippen LogP contribution in [0.25, 0.3) is 0 Å². The molecule has 0 aromatic heterocycles. The van der Waals surface area contributed by atoms with Crippen LogP contribution in [0.4, 0.5) is 0 Å². The molecule has 1 saturated heterocycles. The number of carbonyl (C=O) groups excluding carboxylic acids is 1. The number of ether oxygens (including phenoxy) is 2. The van der Waals surface area contributed by atoms with E-state index in [4.69, 9.17) is 13.9 Å². The highest BCUT2D eigenvalue weighted by Crippen LogP contribution is 2.43. The molecule has 0 amide bonds. The van der Waals surface area contributed by atoms with Crippen LogP contribution in [0, 0.1) is 0 Å². The van der Waals surface area contributed by atoms with Crippen LogP contribution in [-0.2, 0) is 18.7 Å². The number of hydrogen-bond acceptors (Lipinski definition) is 4. The van der Waals surface area contributed by atoms with Crippen molar-refractivity contribution in [2.24, 2.45) is 0 Å². The SMILES string of the molecule is CC1(C)O[C@@H]2[C@H](O1)C(=O)C[C@H]2O[Si](C)(C)C(C)(C)C. The van der Waals surface area contributed by atoms with Gasteiger partial charge in [-0.1, -0.05) is 20.8 Å². The van der Waals surface area contributed by atoms with Gasteiger partial charge in [-0.15, -0.1) is 0 Å². The Bertz CT molecular complexity index is 383. The van der Waals surface area contributed by atoms with E-state index in [0.29, 0.717) is 6.42 Å². The Kier molecular flexibility index (Phi) is 3.50. The van der Waals surface area contributed by atoms with Gasteiger partial charge in [0, 0.05) is 6.42 Å². The Balaban J connectivity index is 2.13. The summed E-state index contributed by atoms with van der Waals surface area (Å²) in [6.07, 6.45) is -0.417. The second-order valence-electron chi connectivity index (χ2n) is 7.61. The van der Waals surface area contributed by atoms with Crippen LogP contribution in [0.2, 0.25) is 18.1 Å². The third-order valence-corrected chi connectivity index (χ3v) is 8.97. The molecule has 1 aliphatic carbocycles. The van der Waals surface area contributed by atoms with E-state index in [1.54, 1.807) is 0 Å². The van der Waals surface area contributed by atoms with Crippen LogP contribution in [0.5, 0.6) is 0 Å². The monoisotopic (exact) mass is 286 g/mol. The lowest BCUT2D eigenvalue weighted by Crippen LogP contribution is -2.46. The molecule has 2 aliphatic rings. The molecule has 0 bridgehead atoms. The zero-order valence-corrected chi connectivity index (χ0v) is 14.1. The maximum atomic E-state index is 12.0. The van der Waals surface area contributed by atoms with E-state index in [2.05, 4.69) is 33.9 Å². The number of ketones is 1. The molecule has 1 aliphatic heterocycles. The summed E-state index contributed by atoms with van der Waals surface area (Å²) in [5, 5.41) is 0.128. The van der Waals surface area contributed by atoms with E-state index in [0.717, 1.165) is 0 Å². The first kappa shape index (κ1) is 15.2. The topological polar surface area (TPSA) is 44.8 Å². The zero-order chi connectivity index (χ0) is 14.6. The van der Waals surface area contributed by atoms with E-state index in [9.17, 15) is 4.79 Å². The number of carbonyl (C=O) groups is 1. The van der Waals surface area contributed by atoms with Crippen molar-refractivity contribution in [1.29, 1.82) is 0 Å². The van der Waals surface area contributed by atoms with E-state index in [-0.39, 0.29) is 23.0 Å². The standard InChI is InChI=1S/C14H26O4Si/c1-13(2,3)19(6,7)18-10-8-9(15)11-12(10)17-14(4,5)16-11/h10-12H,8H2,1-7H3/t10-,11-,12+/m1/s1. The maximum Gasteiger partial charge on any atom is 0.192 e. The molecule has 3 atom stereocenters. The van der Waals surface area contributed by atoms with Crippen LogP contribution in [-0.4, -0.2) is 38.2 Å². The van der Waals surface area contributed by atoms with Crippen molar-refractivity contribution in [2.75, 3.05) is 0 Å². The third kappa shape index (κ3) is 2.79. The largest absolute Gasteiger partial charge is 0.411 e. The molecule has 5 heteroatoms. The zero-order valence-electron chi connectivity index (χ0n) is 13.1. The molecule has 1 heterocycles. The van der Waals surface area contributed by atoms with Gasteiger partial charge in [-0.3, -0.25) is 4.79 Å². The third-order valence-electron chi connectivity index (χ3n) is 4.47. The second-order valence-corrected chi connectivity index (χ2v) is 12.4. The van der Waals surface area contributed by atoms with E-state index in [1.165, 1.54) is 0 Å². The van der Waals surface area contributed by atoms with Gasteiger partial charge in [-0.25, -0.2) is 0 Å². The van der Waals surface area contributed by atoms with Crippen molar-refractivity contribution < 1.29 is 18.7 Å². The number of fused-ring (bicyclic) bond motifs is 1. The fraction of sp³-hybridized carbons (Fsp3) is 0.929. The molecule has 0 aromatic rings. The van der Waals surface area contributed by atoms with Crippen LogP contribution in [0.15, 0.2) is 0 Å². The lowest BCUT2D eigenvalue weighted by molar-refractivity contribution is -0.166. The van der Waals surface area contributed by atoms with Crippen molar-refractivity contribution in [3.8, 4) is 0 Å².